The molecule has 0 aromatic carbocycles. The molecule has 0 unspecified atom stereocenters. The minimum Gasteiger partial charge on any atom is -0.333 e. The molecule has 0 saturated carbocycles. The number of nitrogens with zero attached hydrogens (tertiary/aromatic N) is 2. The molecule has 50 valence electrons. The highest BCUT2D eigenvalue weighted by Crippen LogP contribution is 2.09. The molecule has 1 aliphatic rings. The zero-order valence-corrected chi connectivity index (χ0v) is 5.96. The Labute approximate surface area is 55.9 Å². The summed E-state index contributed by atoms with van der Waals surface area (Å²) in [4.78, 5) is 6.15. The van der Waals surface area contributed by atoms with E-state index in [2.05, 4.69) is 30.3 Å². The average Bonchev–Trinajstić information content (AvgIpc) is 2.13. The van der Waals surface area contributed by atoms with Gasteiger partial charge in [-0.05, 0) is 13.8 Å². The molecular weight excluding hydrogens is 112 g/mol. The summed E-state index contributed by atoms with van der Waals surface area (Å²) in [7, 11) is 0. The molecular formula is C7H12N2. The summed E-state index contributed by atoms with van der Waals surface area (Å²) < 4.78 is 0. The maximum atomic E-state index is 4.07. The van der Waals surface area contributed by atoms with Gasteiger partial charge in [0.25, 0.3) is 0 Å². The summed E-state index contributed by atoms with van der Waals surface area (Å²) in [5, 5.41) is 0. The third kappa shape index (κ3) is 1.12. The molecule has 0 saturated heterocycles. The van der Waals surface area contributed by atoms with Gasteiger partial charge in [0.05, 0.1) is 12.9 Å². The summed E-state index contributed by atoms with van der Waals surface area (Å²) in [6, 6.07) is 0.503. The van der Waals surface area contributed by atoms with Crippen LogP contribution in [0.4, 0.5) is 0 Å². The van der Waals surface area contributed by atoms with Crippen LogP contribution in [0.15, 0.2) is 17.3 Å². The van der Waals surface area contributed by atoms with Gasteiger partial charge in [0, 0.05) is 11.7 Å². The fraction of sp³-hybridized carbons (Fsp3) is 0.571. The largest absolute Gasteiger partial charge is 0.333 e. The third-order valence-corrected chi connectivity index (χ3v) is 1.40. The smallest absolute Gasteiger partial charge is 0.0899 e. The predicted octanol–water partition coefficient (Wildman–Crippen LogP) is 1.25. The van der Waals surface area contributed by atoms with E-state index >= 15 is 0 Å². The van der Waals surface area contributed by atoms with E-state index in [1.54, 1.807) is 0 Å². The van der Waals surface area contributed by atoms with Gasteiger partial charge in [-0.1, -0.05) is 6.58 Å². The van der Waals surface area contributed by atoms with Crippen LogP contribution in [0.1, 0.15) is 13.8 Å². The Morgan fingerprint density at radius 3 is 2.67 bits per heavy atom. The van der Waals surface area contributed by atoms with Gasteiger partial charge < -0.3 is 4.90 Å². The first-order chi connectivity index (χ1) is 4.22. The number of hydrogen-bond donors (Lipinski definition) is 0. The van der Waals surface area contributed by atoms with Crippen molar-refractivity contribution < 1.29 is 0 Å². The van der Waals surface area contributed by atoms with Crippen molar-refractivity contribution in [1.29, 1.82) is 0 Å². The predicted molar refractivity (Wildman–Crippen MR) is 39.5 cm³/mol. The topological polar surface area (TPSA) is 15.6 Å². The van der Waals surface area contributed by atoms with E-state index in [0.29, 0.717) is 6.04 Å². The van der Waals surface area contributed by atoms with Crippen molar-refractivity contribution in [3.63, 3.8) is 0 Å². The van der Waals surface area contributed by atoms with Crippen LogP contribution in [-0.2, 0) is 0 Å². The minimum absolute atomic E-state index is 0.503. The van der Waals surface area contributed by atoms with Crippen molar-refractivity contribution in [1.82, 2.24) is 4.90 Å². The molecule has 9 heavy (non-hydrogen) atoms. The summed E-state index contributed by atoms with van der Waals surface area (Å²) >= 11 is 0. The van der Waals surface area contributed by atoms with Gasteiger partial charge in [0.1, 0.15) is 0 Å². The van der Waals surface area contributed by atoms with Crippen LogP contribution in [0.3, 0.4) is 0 Å². The maximum Gasteiger partial charge on any atom is 0.0899 e. The Hall–Kier alpha value is -0.790. The van der Waals surface area contributed by atoms with Crippen molar-refractivity contribution >= 4 is 6.34 Å². The second-order valence-corrected chi connectivity index (χ2v) is 2.52. The van der Waals surface area contributed by atoms with Gasteiger partial charge in [0.15, 0.2) is 0 Å². The standard InChI is InChI=1S/C7H12N2/c1-6(2)9-5-8-4-7(9)3/h5-6H,3-4H2,1-2H3. The summed E-state index contributed by atoms with van der Waals surface area (Å²) in [5.74, 6) is 0. The zero-order chi connectivity index (χ0) is 6.85. The molecule has 0 aliphatic carbocycles. The summed E-state index contributed by atoms with van der Waals surface area (Å²) in [5.41, 5.74) is 1.10. The van der Waals surface area contributed by atoms with Crippen LogP contribution in [0.25, 0.3) is 0 Å². The van der Waals surface area contributed by atoms with Crippen molar-refractivity contribution in [2.24, 2.45) is 4.99 Å². The molecule has 0 spiro atoms. The number of rotatable bonds is 1. The molecule has 0 aromatic heterocycles. The van der Waals surface area contributed by atoms with E-state index in [-0.39, 0.29) is 0 Å². The van der Waals surface area contributed by atoms with Gasteiger partial charge in [-0.25, -0.2) is 0 Å². The average molecular weight is 124 g/mol. The van der Waals surface area contributed by atoms with E-state index in [4.69, 9.17) is 0 Å². The summed E-state index contributed by atoms with van der Waals surface area (Å²) in [6.07, 6.45) is 1.85. The monoisotopic (exact) mass is 124 g/mol. The van der Waals surface area contributed by atoms with Gasteiger partial charge in [0.2, 0.25) is 0 Å². The van der Waals surface area contributed by atoms with Crippen molar-refractivity contribution in [3.8, 4) is 0 Å². The lowest BCUT2D eigenvalue weighted by Gasteiger charge is -2.19. The Morgan fingerprint density at radius 1 is 1.78 bits per heavy atom. The normalized spacial score (nSPS) is 18.1. The highest BCUT2D eigenvalue weighted by Gasteiger charge is 2.12. The zero-order valence-electron chi connectivity index (χ0n) is 5.96. The van der Waals surface area contributed by atoms with Gasteiger partial charge in [-0.15, -0.1) is 0 Å². The van der Waals surface area contributed by atoms with Crippen LogP contribution in [0, 0.1) is 0 Å². The Bertz CT molecular complexity index is 147. The molecule has 2 heteroatoms. The first kappa shape index (κ1) is 6.33. The van der Waals surface area contributed by atoms with Crippen LogP contribution in [-0.4, -0.2) is 23.8 Å². The maximum absolute atomic E-state index is 4.07. The molecule has 0 amide bonds. The molecule has 0 fully saturated rings. The molecule has 1 rings (SSSR count). The lowest BCUT2D eigenvalue weighted by molar-refractivity contribution is 0.450. The Balaban J connectivity index is 2.59. The lowest BCUT2D eigenvalue weighted by Crippen LogP contribution is -2.25. The molecule has 1 heterocycles. The highest BCUT2D eigenvalue weighted by molar-refractivity contribution is 5.62. The fourth-order valence-electron chi connectivity index (χ4n) is 0.896. The van der Waals surface area contributed by atoms with E-state index in [1.165, 1.54) is 0 Å². The molecule has 0 bridgehead atoms. The molecule has 0 aromatic rings. The highest BCUT2D eigenvalue weighted by atomic mass is 15.2. The Kier molecular flexibility index (Phi) is 1.56. The van der Waals surface area contributed by atoms with Crippen LogP contribution in [0.5, 0.6) is 0 Å². The Morgan fingerprint density at radius 2 is 2.44 bits per heavy atom. The van der Waals surface area contributed by atoms with Gasteiger partial charge in [-0.3, -0.25) is 4.99 Å². The number of aliphatic imine (C=N–C) groups is 1. The third-order valence-electron chi connectivity index (χ3n) is 1.40. The minimum atomic E-state index is 0.503. The van der Waals surface area contributed by atoms with Crippen LogP contribution >= 0.6 is 0 Å². The van der Waals surface area contributed by atoms with Crippen molar-refractivity contribution in [2.75, 3.05) is 6.54 Å². The summed E-state index contributed by atoms with van der Waals surface area (Å²) in [6.45, 7) is 8.89. The molecule has 1 aliphatic heterocycles. The van der Waals surface area contributed by atoms with E-state index < -0.39 is 0 Å². The van der Waals surface area contributed by atoms with Gasteiger partial charge in [-0.2, -0.15) is 0 Å². The van der Waals surface area contributed by atoms with E-state index in [9.17, 15) is 0 Å². The van der Waals surface area contributed by atoms with E-state index in [0.717, 1.165) is 12.2 Å². The molecule has 0 radical (unpaired) electrons. The first-order valence-electron chi connectivity index (χ1n) is 3.18. The number of hydrogen-bond acceptors (Lipinski definition) is 2. The lowest BCUT2D eigenvalue weighted by atomic mass is 10.3. The second kappa shape index (κ2) is 2.21. The SMILES string of the molecule is C=C1CN=CN1C(C)C. The van der Waals surface area contributed by atoms with Gasteiger partial charge >= 0.3 is 0 Å². The van der Waals surface area contributed by atoms with Crippen molar-refractivity contribution in [3.05, 3.63) is 12.3 Å². The molecule has 0 atom stereocenters. The second-order valence-electron chi connectivity index (χ2n) is 2.52. The fourth-order valence-corrected chi connectivity index (χ4v) is 0.896. The van der Waals surface area contributed by atoms with Crippen LogP contribution in [0.2, 0.25) is 0 Å². The molecule has 0 N–H and O–H groups in total. The molecule has 2 nitrogen and oxygen atoms in total. The first-order valence-corrected chi connectivity index (χ1v) is 3.18. The van der Waals surface area contributed by atoms with Crippen molar-refractivity contribution in [2.45, 2.75) is 19.9 Å². The van der Waals surface area contributed by atoms with Crippen LogP contribution < -0.4 is 0 Å². The quantitative estimate of drug-likeness (QED) is 0.513. The van der Waals surface area contributed by atoms with E-state index in [1.807, 2.05) is 6.34 Å².